The Bertz CT molecular complexity index is 282. The van der Waals surface area contributed by atoms with Crippen molar-refractivity contribution in [3.05, 3.63) is 48.6 Å². The second kappa shape index (κ2) is 17.2. The van der Waals surface area contributed by atoms with Crippen LogP contribution in [0.1, 0.15) is 13.8 Å². The number of carboxylic acid groups (broad SMARTS) is 2. The van der Waals surface area contributed by atoms with Crippen LogP contribution in [-0.2, 0) is 9.59 Å². The van der Waals surface area contributed by atoms with E-state index in [0.717, 1.165) is 12.2 Å². The summed E-state index contributed by atoms with van der Waals surface area (Å²) in [6, 6.07) is 0. The standard InChI is InChI=1S/2C6H8O2.Pb/c2*1-2-3-4-5-6(7)8;/h2*2-5H,1H3,(H,7,8);/q;;+2/p-2. The number of carbonyl (C=O) groups excluding carboxylic acids is 2. The number of hydrogen-bond donors (Lipinski definition) is 0. The molecule has 4 nitrogen and oxygen atoms in total. The van der Waals surface area contributed by atoms with Crippen molar-refractivity contribution in [3.63, 3.8) is 0 Å². The van der Waals surface area contributed by atoms with Crippen molar-refractivity contribution >= 4 is 39.2 Å². The first kappa shape index (κ1) is 21.1. The van der Waals surface area contributed by atoms with Gasteiger partial charge in [-0.25, -0.2) is 0 Å². The second-order valence-corrected chi connectivity index (χ2v) is 2.41. The zero-order chi connectivity index (χ0) is 12.8. The van der Waals surface area contributed by atoms with E-state index in [0.29, 0.717) is 0 Å². The molecule has 0 saturated heterocycles. The Morgan fingerprint density at radius 2 is 1.06 bits per heavy atom. The quantitative estimate of drug-likeness (QED) is 0.338. The van der Waals surface area contributed by atoms with Gasteiger partial charge in [-0.15, -0.1) is 0 Å². The van der Waals surface area contributed by atoms with Gasteiger partial charge in [0.2, 0.25) is 0 Å². The summed E-state index contributed by atoms with van der Waals surface area (Å²) >= 11 is 0. The van der Waals surface area contributed by atoms with Gasteiger partial charge >= 0.3 is 27.3 Å². The zero-order valence-corrected chi connectivity index (χ0v) is 13.6. The maximum atomic E-state index is 9.64. The summed E-state index contributed by atoms with van der Waals surface area (Å²) in [4.78, 5) is 19.3. The molecule has 0 heterocycles. The third-order valence-electron chi connectivity index (χ3n) is 1.07. The van der Waals surface area contributed by atoms with Crippen LogP contribution in [0.15, 0.2) is 48.6 Å². The molecule has 0 aliphatic rings. The van der Waals surface area contributed by atoms with Crippen molar-refractivity contribution in [1.29, 1.82) is 0 Å². The molecule has 0 rings (SSSR count). The molecule has 0 aromatic rings. The minimum atomic E-state index is -1.16. The third kappa shape index (κ3) is 31.3. The van der Waals surface area contributed by atoms with Crippen LogP contribution in [0.4, 0.5) is 0 Å². The molecule has 17 heavy (non-hydrogen) atoms. The van der Waals surface area contributed by atoms with Crippen LogP contribution in [0.2, 0.25) is 0 Å². The van der Waals surface area contributed by atoms with Crippen LogP contribution in [-0.4, -0.2) is 39.2 Å². The number of rotatable bonds is 4. The Labute approximate surface area is 121 Å². The summed E-state index contributed by atoms with van der Waals surface area (Å²) in [5.74, 6) is -2.33. The van der Waals surface area contributed by atoms with Gasteiger partial charge in [-0.2, -0.15) is 0 Å². The van der Waals surface area contributed by atoms with E-state index in [1.807, 2.05) is 0 Å². The smallest absolute Gasteiger partial charge is 0.545 e. The SMILES string of the molecule is CC=CC=CC(=O)[O-].CC=CC=CC(=O)[O-].[Pb+2]. The van der Waals surface area contributed by atoms with E-state index in [2.05, 4.69) is 0 Å². The van der Waals surface area contributed by atoms with E-state index in [1.54, 1.807) is 38.2 Å². The largest absolute Gasteiger partial charge is 2.00 e. The van der Waals surface area contributed by atoms with Gasteiger partial charge in [0.25, 0.3) is 0 Å². The molecule has 0 aromatic carbocycles. The first-order chi connectivity index (χ1) is 7.54. The van der Waals surface area contributed by atoms with Crippen molar-refractivity contribution in [1.82, 2.24) is 0 Å². The van der Waals surface area contributed by atoms with Crippen LogP contribution in [0.5, 0.6) is 0 Å². The van der Waals surface area contributed by atoms with Crippen molar-refractivity contribution in [2.45, 2.75) is 13.8 Å². The van der Waals surface area contributed by atoms with Gasteiger partial charge in [-0.1, -0.05) is 36.5 Å². The summed E-state index contributed by atoms with van der Waals surface area (Å²) < 4.78 is 0. The second-order valence-electron chi connectivity index (χ2n) is 2.41. The molecular weight excluding hydrogens is 415 g/mol. The van der Waals surface area contributed by atoms with E-state index in [1.165, 1.54) is 12.2 Å². The van der Waals surface area contributed by atoms with Gasteiger partial charge in [-0.05, 0) is 26.0 Å². The predicted octanol–water partition coefficient (Wildman–Crippen LogP) is -0.644. The number of carbonyl (C=O) groups is 2. The van der Waals surface area contributed by atoms with E-state index >= 15 is 0 Å². The molecule has 90 valence electrons. The van der Waals surface area contributed by atoms with Crippen LogP contribution >= 0.6 is 0 Å². The molecule has 0 fully saturated rings. The van der Waals surface area contributed by atoms with Gasteiger partial charge < -0.3 is 19.8 Å². The monoisotopic (exact) mass is 430 g/mol. The number of carboxylic acids is 2. The van der Waals surface area contributed by atoms with E-state index in [4.69, 9.17) is 0 Å². The summed E-state index contributed by atoms with van der Waals surface area (Å²) in [6.07, 6.45) is 11.5. The Balaban J connectivity index is -0.000000218. The molecule has 0 aliphatic carbocycles. The van der Waals surface area contributed by atoms with E-state index in [9.17, 15) is 19.8 Å². The molecular formula is C12H14O4Pb. The first-order valence-electron chi connectivity index (χ1n) is 4.55. The van der Waals surface area contributed by atoms with Gasteiger partial charge in [0.05, 0.1) is 11.9 Å². The number of aliphatic carboxylic acids is 2. The van der Waals surface area contributed by atoms with Gasteiger partial charge in [0.1, 0.15) is 0 Å². The van der Waals surface area contributed by atoms with Crippen LogP contribution < -0.4 is 10.2 Å². The van der Waals surface area contributed by atoms with Gasteiger partial charge in [0, 0.05) is 0 Å². The fourth-order valence-corrected chi connectivity index (χ4v) is 0.490. The Morgan fingerprint density at radius 3 is 1.24 bits per heavy atom. The normalized spacial score (nSPS) is 10.5. The number of allylic oxidation sites excluding steroid dienone is 6. The average Bonchev–Trinajstić information content (AvgIpc) is 2.18. The topological polar surface area (TPSA) is 80.3 Å². The summed E-state index contributed by atoms with van der Waals surface area (Å²) in [5.41, 5.74) is 0. The van der Waals surface area contributed by atoms with Crippen molar-refractivity contribution < 1.29 is 19.8 Å². The molecule has 0 saturated carbocycles. The van der Waals surface area contributed by atoms with Crippen molar-refractivity contribution in [2.24, 2.45) is 0 Å². The molecule has 2 radical (unpaired) electrons. The fourth-order valence-electron chi connectivity index (χ4n) is 0.490. The fraction of sp³-hybridized carbons (Fsp3) is 0.167. The minimum absolute atomic E-state index is 0. The van der Waals surface area contributed by atoms with Gasteiger partial charge in [-0.3, -0.25) is 0 Å². The van der Waals surface area contributed by atoms with Crippen molar-refractivity contribution in [2.75, 3.05) is 0 Å². The summed E-state index contributed by atoms with van der Waals surface area (Å²) in [6.45, 7) is 3.61. The van der Waals surface area contributed by atoms with Crippen LogP contribution in [0, 0.1) is 0 Å². The molecule has 0 spiro atoms. The molecule has 0 amide bonds. The molecule has 0 atom stereocenters. The Hall–Kier alpha value is -1.18. The molecule has 5 heteroatoms. The molecule has 0 N–H and O–H groups in total. The molecule has 0 bridgehead atoms. The summed E-state index contributed by atoms with van der Waals surface area (Å²) in [5, 5.41) is 19.3. The number of hydrogen-bond acceptors (Lipinski definition) is 4. The average molecular weight is 429 g/mol. The maximum Gasteiger partial charge on any atom is 2.00 e. The van der Waals surface area contributed by atoms with Crippen molar-refractivity contribution in [3.8, 4) is 0 Å². The molecule has 0 aromatic heterocycles. The van der Waals surface area contributed by atoms with Gasteiger partial charge in [0.15, 0.2) is 0 Å². The Kier molecular flexibility index (Phi) is 21.4. The molecule has 0 aliphatic heterocycles. The Morgan fingerprint density at radius 1 is 0.765 bits per heavy atom. The zero-order valence-electron chi connectivity index (χ0n) is 9.75. The predicted molar refractivity (Wildman–Crippen MR) is 63.7 cm³/mol. The third-order valence-corrected chi connectivity index (χ3v) is 1.07. The summed E-state index contributed by atoms with van der Waals surface area (Å²) in [7, 11) is 0. The van der Waals surface area contributed by atoms with E-state index < -0.39 is 11.9 Å². The van der Waals surface area contributed by atoms with Crippen LogP contribution in [0.3, 0.4) is 0 Å². The molecule has 0 unspecified atom stereocenters. The van der Waals surface area contributed by atoms with E-state index in [-0.39, 0.29) is 27.3 Å². The minimum Gasteiger partial charge on any atom is -0.545 e. The van der Waals surface area contributed by atoms with Crippen LogP contribution in [0.25, 0.3) is 0 Å². The first-order valence-corrected chi connectivity index (χ1v) is 4.55. The maximum absolute atomic E-state index is 9.64.